The Morgan fingerprint density at radius 3 is 2.42 bits per heavy atom. The summed E-state index contributed by atoms with van der Waals surface area (Å²) in [7, 11) is -3.38. The average Bonchev–Trinajstić information content (AvgIpc) is 3.10. The third-order valence-corrected chi connectivity index (χ3v) is 6.51. The maximum absolute atomic E-state index is 12.9. The molecule has 0 saturated carbocycles. The van der Waals surface area contributed by atoms with E-state index >= 15 is 0 Å². The molecule has 0 N–H and O–H groups in total. The van der Waals surface area contributed by atoms with Crippen molar-refractivity contribution in [1.82, 2.24) is 9.80 Å². The Bertz CT molecular complexity index is 798. The molecule has 0 spiro atoms. The highest BCUT2D eigenvalue weighted by molar-refractivity contribution is 7.90. The molecule has 142 valence electrons. The monoisotopic (exact) mass is 378 g/mol. The third kappa shape index (κ3) is 3.92. The number of sulfone groups is 1. The fraction of sp³-hybridized carbons (Fsp3) is 0.579. The molecule has 0 bridgehead atoms. The molecule has 3 rings (SSSR count). The van der Waals surface area contributed by atoms with Crippen LogP contribution in [-0.4, -0.2) is 62.0 Å². The van der Waals surface area contributed by atoms with Gasteiger partial charge in [-0.25, -0.2) is 8.42 Å². The molecule has 0 aliphatic carbocycles. The maximum atomic E-state index is 12.9. The Hall–Kier alpha value is -1.89. The molecule has 26 heavy (non-hydrogen) atoms. The van der Waals surface area contributed by atoms with E-state index in [0.717, 1.165) is 38.6 Å². The van der Waals surface area contributed by atoms with Gasteiger partial charge in [0.2, 0.25) is 5.91 Å². The van der Waals surface area contributed by atoms with Gasteiger partial charge in [-0.15, -0.1) is 0 Å². The average molecular weight is 378 g/mol. The number of carbonyl (C=O) groups excluding carboxylic acids is 2. The molecule has 2 fully saturated rings. The van der Waals surface area contributed by atoms with Crippen molar-refractivity contribution in [1.29, 1.82) is 0 Å². The van der Waals surface area contributed by atoms with Gasteiger partial charge in [0.15, 0.2) is 9.84 Å². The van der Waals surface area contributed by atoms with Crippen LogP contribution in [0.4, 0.5) is 0 Å². The van der Waals surface area contributed by atoms with Gasteiger partial charge in [0, 0.05) is 31.5 Å². The van der Waals surface area contributed by atoms with Crippen LogP contribution in [0.3, 0.4) is 0 Å². The second-order valence-corrected chi connectivity index (χ2v) is 9.48. The zero-order valence-corrected chi connectivity index (χ0v) is 16.2. The van der Waals surface area contributed by atoms with Gasteiger partial charge in [-0.2, -0.15) is 0 Å². The Morgan fingerprint density at radius 1 is 1.08 bits per heavy atom. The van der Waals surface area contributed by atoms with Crippen LogP contribution in [-0.2, 0) is 14.6 Å². The van der Waals surface area contributed by atoms with Gasteiger partial charge in [0.25, 0.3) is 5.91 Å². The molecule has 2 aliphatic heterocycles. The molecule has 1 aromatic rings. The number of benzene rings is 1. The Morgan fingerprint density at radius 2 is 1.77 bits per heavy atom. The van der Waals surface area contributed by atoms with Gasteiger partial charge in [-0.3, -0.25) is 9.59 Å². The van der Waals surface area contributed by atoms with E-state index in [4.69, 9.17) is 0 Å². The topological polar surface area (TPSA) is 74.8 Å². The van der Waals surface area contributed by atoms with Gasteiger partial charge in [0.05, 0.1) is 4.90 Å². The van der Waals surface area contributed by atoms with E-state index in [1.165, 1.54) is 12.1 Å². The summed E-state index contributed by atoms with van der Waals surface area (Å²) in [6, 6.07) is 5.63. The molecule has 6 nitrogen and oxygen atoms in total. The lowest BCUT2D eigenvalue weighted by molar-refractivity contribution is -0.136. The number of piperidine rings is 1. The summed E-state index contributed by atoms with van der Waals surface area (Å²) in [6.45, 7) is 4.23. The minimum absolute atomic E-state index is 0.0296. The zero-order chi connectivity index (χ0) is 18.9. The van der Waals surface area contributed by atoms with E-state index in [1.54, 1.807) is 17.0 Å². The molecular weight excluding hydrogens is 352 g/mol. The summed E-state index contributed by atoms with van der Waals surface area (Å²) in [5.74, 6) is 0.401. The lowest BCUT2D eigenvalue weighted by atomic mass is 9.98. The maximum Gasteiger partial charge on any atom is 0.254 e. The summed E-state index contributed by atoms with van der Waals surface area (Å²) in [6.07, 6.45) is 4.59. The van der Waals surface area contributed by atoms with Crippen molar-refractivity contribution in [3.05, 3.63) is 29.8 Å². The van der Waals surface area contributed by atoms with E-state index in [0.29, 0.717) is 24.4 Å². The highest BCUT2D eigenvalue weighted by Crippen LogP contribution is 2.25. The van der Waals surface area contributed by atoms with Crippen LogP contribution in [0, 0.1) is 5.92 Å². The molecule has 2 saturated heterocycles. The van der Waals surface area contributed by atoms with Crippen molar-refractivity contribution in [3.8, 4) is 0 Å². The molecule has 0 unspecified atom stereocenters. The van der Waals surface area contributed by atoms with Crippen LogP contribution in [0.1, 0.15) is 43.0 Å². The van der Waals surface area contributed by atoms with E-state index in [-0.39, 0.29) is 16.7 Å². The van der Waals surface area contributed by atoms with Crippen molar-refractivity contribution >= 4 is 21.7 Å². The first kappa shape index (κ1) is 18.9. The minimum atomic E-state index is -3.38. The van der Waals surface area contributed by atoms with Gasteiger partial charge < -0.3 is 9.80 Å². The van der Waals surface area contributed by atoms with E-state index in [2.05, 4.69) is 6.92 Å². The van der Waals surface area contributed by atoms with Crippen molar-refractivity contribution in [2.45, 2.75) is 43.5 Å². The number of amides is 2. The molecule has 0 radical (unpaired) electrons. The van der Waals surface area contributed by atoms with Gasteiger partial charge >= 0.3 is 0 Å². The SMILES string of the molecule is CC1CCN(C(=O)[C@@H]2CCCN2C(=O)c2cccc(S(C)(=O)=O)c2)CC1. The number of hydrogen-bond acceptors (Lipinski definition) is 4. The fourth-order valence-corrected chi connectivity index (χ4v) is 4.40. The summed E-state index contributed by atoms with van der Waals surface area (Å²) < 4.78 is 23.5. The van der Waals surface area contributed by atoms with Crippen LogP contribution in [0.5, 0.6) is 0 Å². The number of likely N-dealkylation sites (tertiary alicyclic amines) is 2. The van der Waals surface area contributed by atoms with E-state index in [1.807, 2.05) is 4.90 Å². The molecule has 2 heterocycles. The van der Waals surface area contributed by atoms with Crippen molar-refractivity contribution < 1.29 is 18.0 Å². The number of rotatable bonds is 3. The number of nitrogens with zero attached hydrogens (tertiary/aromatic N) is 2. The number of hydrogen-bond donors (Lipinski definition) is 0. The van der Waals surface area contributed by atoms with Gasteiger partial charge in [0.1, 0.15) is 6.04 Å². The molecule has 2 aliphatic rings. The third-order valence-electron chi connectivity index (χ3n) is 5.40. The predicted molar refractivity (Wildman–Crippen MR) is 98.6 cm³/mol. The first-order valence-electron chi connectivity index (χ1n) is 9.17. The van der Waals surface area contributed by atoms with Gasteiger partial charge in [-0.05, 0) is 49.8 Å². The zero-order valence-electron chi connectivity index (χ0n) is 15.3. The van der Waals surface area contributed by atoms with E-state index in [9.17, 15) is 18.0 Å². The Balaban J connectivity index is 1.77. The van der Waals surface area contributed by atoms with Crippen LogP contribution in [0.15, 0.2) is 29.2 Å². The first-order valence-corrected chi connectivity index (χ1v) is 11.1. The Labute approximate surface area is 155 Å². The molecule has 1 atom stereocenters. The van der Waals surface area contributed by atoms with Crippen LogP contribution in [0.2, 0.25) is 0 Å². The molecule has 0 aromatic heterocycles. The molecule has 7 heteroatoms. The largest absolute Gasteiger partial charge is 0.341 e. The summed E-state index contributed by atoms with van der Waals surface area (Å²) in [4.78, 5) is 29.5. The van der Waals surface area contributed by atoms with Crippen LogP contribution < -0.4 is 0 Å². The van der Waals surface area contributed by atoms with Crippen molar-refractivity contribution in [2.24, 2.45) is 5.92 Å². The van der Waals surface area contributed by atoms with Gasteiger partial charge in [-0.1, -0.05) is 13.0 Å². The second-order valence-electron chi connectivity index (χ2n) is 7.46. The van der Waals surface area contributed by atoms with Crippen LogP contribution >= 0.6 is 0 Å². The second kappa shape index (κ2) is 7.39. The normalized spacial score (nSPS) is 21.8. The smallest absolute Gasteiger partial charge is 0.254 e. The Kier molecular flexibility index (Phi) is 5.37. The first-order chi connectivity index (χ1) is 12.3. The predicted octanol–water partition coefficient (Wildman–Crippen LogP) is 1.95. The van der Waals surface area contributed by atoms with Crippen molar-refractivity contribution in [2.75, 3.05) is 25.9 Å². The minimum Gasteiger partial charge on any atom is -0.341 e. The lowest BCUT2D eigenvalue weighted by Crippen LogP contribution is -2.49. The summed E-state index contributed by atoms with van der Waals surface area (Å²) in [5, 5.41) is 0. The standard InChI is InChI=1S/C19H26N2O4S/c1-14-8-11-20(12-9-14)19(23)17-7-4-10-21(17)18(22)15-5-3-6-16(13-15)26(2,24)25/h3,5-6,13-14,17H,4,7-12H2,1-2H3/t17-/m0/s1. The lowest BCUT2D eigenvalue weighted by Gasteiger charge is -2.34. The molecule has 2 amide bonds. The highest BCUT2D eigenvalue weighted by atomic mass is 32.2. The quantitative estimate of drug-likeness (QED) is 0.806. The fourth-order valence-electron chi connectivity index (χ4n) is 3.73. The highest BCUT2D eigenvalue weighted by Gasteiger charge is 2.37. The van der Waals surface area contributed by atoms with Crippen LogP contribution in [0.25, 0.3) is 0 Å². The van der Waals surface area contributed by atoms with E-state index < -0.39 is 15.9 Å². The van der Waals surface area contributed by atoms with Crippen molar-refractivity contribution in [3.63, 3.8) is 0 Å². The molecule has 1 aromatic carbocycles. The number of carbonyl (C=O) groups is 2. The molecular formula is C19H26N2O4S. The summed E-state index contributed by atoms with van der Waals surface area (Å²) >= 11 is 0. The summed E-state index contributed by atoms with van der Waals surface area (Å²) in [5.41, 5.74) is 0.319.